The molecule has 0 aliphatic carbocycles. The molecule has 128 valence electrons. The summed E-state index contributed by atoms with van der Waals surface area (Å²) in [7, 11) is 0. The van der Waals surface area contributed by atoms with Crippen molar-refractivity contribution in [1.82, 2.24) is 0 Å². The quantitative estimate of drug-likeness (QED) is 0.218. The van der Waals surface area contributed by atoms with E-state index in [1.807, 2.05) is 0 Å². The number of carboxylic acid groups (broad SMARTS) is 2. The number of carbonyl (C=O) groups is 2. The summed E-state index contributed by atoms with van der Waals surface area (Å²) in [6.45, 7) is 11.0. The van der Waals surface area contributed by atoms with Gasteiger partial charge in [0.25, 0.3) is 0 Å². The van der Waals surface area contributed by atoms with Crippen molar-refractivity contribution in [2.45, 2.75) is 78.6 Å². The maximum Gasteiger partial charge on any atom is 1.00 e. The van der Waals surface area contributed by atoms with Crippen LogP contribution < -0.4 is 48.4 Å². The molecular weight excluding hydrogens is 298 g/mol. The molecular formula is C17H34LiNaO4. The molecule has 0 rings (SSSR count). The Morgan fingerprint density at radius 2 is 1.35 bits per heavy atom. The smallest absolute Gasteiger partial charge is 1.00 e. The van der Waals surface area contributed by atoms with Gasteiger partial charge in [-0.05, 0) is 0 Å². The number of hydrogen-bond donors (Lipinski definition) is 2. The van der Waals surface area contributed by atoms with Gasteiger partial charge < -0.3 is 18.6 Å². The second-order valence-corrected chi connectivity index (χ2v) is 5.88. The Kier molecular flexibility index (Phi) is 30.7. The van der Waals surface area contributed by atoms with E-state index in [-0.39, 0.29) is 49.8 Å². The Labute approximate surface area is 178 Å². The van der Waals surface area contributed by atoms with E-state index >= 15 is 0 Å². The van der Waals surface area contributed by atoms with Gasteiger partial charge >= 0.3 is 60.4 Å². The Bertz CT molecular complexity index is 267. The second kappa shape index (κ2) is 22.5. The summed E-state index contributed by atoms with van der Waals surface area (Å²) in [5, 5.41) is 15.4. The van der Waals surface area contributed by atoms with Crippen LogP contribution in [-0.4, -0.2) is 22.2 Å². The number of rotatable bonds is 11. The fourth-order valence-electron chi connectivity index (χ4n) is 1.83. The van der Waals surface area contributed by atoms with E-state index in [0.717, 1.165) is 5.92 Å². The number of hydrogen-bond acceptors (Lipinski definition) is 2. The van der Waals surface area contributed by atoms with Crippen LogP contribution in [0.3, 0.4) is 0 Å². The van der Waals surface area contributed by atoms with Crippen LogP contribution in [0.15, 0.2) is 0 Å². The summed E-state index contributed by atoms with van der Waals surface area (Å²) in [5.74, 6) is -1.19. The molecule has 0 aromatic heterocycles. The zero-order valence-corrected chi connectivity index (χ0v) is 17.9. The molecule has 0 saturated heterocycles. The molecule has 6 heteroatoms. The van der Waals surface area contributed by atoms with Crippen LogP contribution >= 0.6 is 0 Å². The van der Waals surface area contributed by atoms with Crippen LogP contribution in [0.5, 0.6) is 0 Å². The maximum atomic E-state index is 9.43. The van der Waals surface area contributed by atoms with Gasteiger partial charge in [-0.15, -0.1) is 0 Å². The van der Waals surface area contributed by atoms with Crippen molar-refractivity contribution in [3.05, 3.63) is 6.92 Å². The van der Waals surface area contributed by atoms with Crippen molar-refractivity contribution in [3.8, 4) is 0 Å². The molecule has 0 amide bonds. The Morgan fingerprint density at radius 1 is 0.957 bits per heavy atom. The third-order valence-corrected chi connectivity index (χ3v) is 3.42. The van der Waals surface area contributed by atoms with Crippen molar-refractivity contribution in [2.24, 2.45) is 11.8 Å². The second-order valence-electron chi connectivity index (χ2n) is 5.88. The molecule has 0 aliphatic rings. The summed E-state index contributed by atoms with van der Waals surface area (Å²) < 4.78 is 0. The minimum atomic E-state index is -1.31. The first-order valence-corrected chi connectivity index (χ1v) is 8.07. The fraction of sp³-hybridized carbons (Fsp3) is 0.824. The van der Waals surface area contributed by atoms with Crippen molar-refractivity contribution >= 4 is 11.9 Å². The molecule has 0 aliphatic heterocycles. The summed E-state index contributed by atoms with van der Waals surface area (Å²) >= 11 is 0. The normalized spacial score (nSPS) is 10.7. The molecule has 0 aromatic rings. The Balaban J connectivity index is -0.000000105. The monoisotopic (exact) mass is 332 g/mol. The van der Waals surface area contributed by atoms with Gasteiger partial charge in [0, 0.05) is 0 Å². The topological polar surface area (TPSA) is 74.6 Å². The van der Waals surface area contributed by atoms with E-state index < -0.39 is 18.4 Å². The fourth-order valence-corrected chi connectivity index (χ4v) is 1.83. The maximum absolute atomic E-state index is 9.43. The summed E-state index contributed by atoms with van der Waals surface area (Å²) in [4.78, 5) is 18.9. The molecule has 1 atom stereocenters. The summed E-state index contributed by atoms with van der Waals surface area (Å²) in [6.07, 6.45) is 10.4. The zero-order chi connectivity index (χ0) is 16.7. The van der Waals surface area contributed by atoms with Crippen LogP contribution in [0.25, 0.3) is 0 Å². The molecule has 0 aromatic carbocycles. The third kappa shape index (κ3) is 30.9. The van der Waals surface area contributed by atoms with Gasteiger partial charge in [0.05, 0.1) is 0 Å². The first kappa shape index (κ1) is 31.3. The molecule has 0 bridgehead atoms. The molecule has 0 saturated carbocycles. The van der Waals surface area contributed by atoms with Gasteiger partial charge in [-0.25, -0.2) is 0 Å². The zero-order valence-electron chi connectivity index (χ0n) is 16.9. The van der Waals surface area contributed by atoms with Crippen molar-refractivity contribution in [1.29, 1.82) is 0 Å². The van der Waals surface area contributed by atoms with Crippen LogP contribution in [0.1, 0.15) is 80.0 Å². The van der Waals surface area contributed by atoms with Gasteiger partial charge in [0.2, 0.25) is 0 Å². The molecule has 0 spiro atoms. The van der Waals surface area contributed by atoms with Crippen molar-refractivity contribution < 1.29 is 69.6 Å². The van der Waals surface area contributed by atoms with E-state index in [2.05, 4.69) is 27.7 Å². The first-order chi connectivity index (χ1) is 9.81. The Hall–Kier alpha value is 0.537. The molecule has 0 fully saturated rings. The van der Waals surface area contributed by atoms with Crippen molar-refractivity contribution in [2.75, 3.05) is 0 Å². The average molecular weight is 332 g/mol. The molecule has 0 radical (unpaired) electrons. The van der Waals surface area contributed by atoms with E-state index in [0.29, 0.717) is 5.92 Å². The molecule has 1 unspecified atom stereocenters. The van der Waals surface area contributed by atoms with Gasteiger partial charge in [-0.2, -0.15) is 5.92 Å². The van der Waals surface area contributed by atoms with E-state index in [9.17, 15) is 9.59 Å². The van der Waals surface area contributed by atoms with Crippen LogP contribution in [-0.2, 0) is 9.59 Å². The largest absolute Gasteiger partial charge is 1.00 e. The Morgan fingerprint density at radius 3 is 1.65 bits per heavy atom. The van der Waals surface area contributed by atoms with Crippen LogP contribution in [0.2, 0.25) is 0 Å². The number of carboxylic acids is 2. The molecule has 2 N–H and O–H groups in total. The number of aliphatic carboxylic acids is 2. The molecule has 23 heavy (non-hydrogen) atoms. The van der Waals surface area contributed by atoms with Crippen molar-refractivity contribution in [3.63, 3.8) is 0 Å². The summed E-state index contributed by atoms with van der Waals surface area (Å²) in [6, 6.07) is 0. The minimum absolute atomic E-state index is 0. The molecule has 4 nitrogen and oxygen atoms in total. The first-order valence-electron chi connectivity index (χ1n) is 8.07. The van der Waals surface area contributed by atoms with Gasteiger partial charge in [0.1, 0.15) is 6.42 Å². The predicted octanol–water partition coefficient (Wildman–Crippen LogP) is -1.10. The van der Waals surface area contributed by atoms with Gasteiger partial charge in [-0.3, -0.25) is 9.59 Å². The SMILES string of the molecule is O=C(O)CC(=O)O.[CH2-]C(CCCCCCCCC)C(C)C.[H-].[Li+].[Na+]. The van der Waals surface area contributed by atoms with Crippen LogP contribution in [0, 0.1) is 18.8 Å². The van der Waals surface area contributed by atoms with Gasteiger partial charge in [0.15, 0.2) is 0 Å². The predicted molar refractivity (Wildman–Crippen MR) is 87.3 cm³/mol. The minimum Gasteiger partial charge on any atom is -1.00 e. The van der Waals surface area contributed by atoms with E-state index in [1.54, 1.807) is 0 Å². The standard InChI is InChI=1S/C14H29.C3H4O4.Li.Na.H/c1-5-6-7-8-9-10-11-12-14(4)13(2)3;4-2(5)1-3(6)7;;;/h13-14H,4-12H2,1-3H3;1H2,(H,4,5)(H,6,7);;;/q-1;;2*+1;-1. The average Bonchev–Trinajstić information content (AvgIpc) is 2.36. The third-order valence-electron chi connectivity index (χ3n) is 3.42. The van der Waals surface area contributed by atoms with Gasteiger partial charge in [-0.1, -0.05) is 78.1 Å². The molecule has 0 heterocycles. The van der Waals surface area contributed by atoms with Crippen LogP contribution in [0.4, 0.5) is 0 Å². The van der Waals surface area contributed by atoms with E-state index in [1.165, 1.54) is 51.4 Å². The summed E-state index contributed by atoms with van der Waals surface area (Å²) in [5.41, 5.74) is 0. The van der Waals surface area contributed by atoms with E-state index in [4.69, 9.17) is 10.2 Å². The number of unbranched alkanes of at least 4 members (excludes halogenated alkanes) is 6.